The van der Waals surface area contributed by atoms with E-state index in [1.807, 2.05) is 0 Å². The summed E-state index contributed by atoms with van der Waals surface area (Å²) in [6.07, 6.45) is -0.166. The van der Waals surface area contributed by atoms with E-state index in [-0.39, 0.29) is 17.9 Å². The predicted molar refractivity (Wildman–Crippen MR) is 76.4 cm³/mol. The lowest BCUT2D eigenvalue weighted by atomic mass is 10.2. The molecule has 0 saturated carbocycles. The summed E-state index contributed by atoms with van der Waals surface area (Å²) < 4.78 is 4.91. The molecule has 0 unspecified atom stereocenters. The number of carboxylic acid groups (broad SMARTS) is 1. The van der Waals surface area contributed by atoms with Crippen molar-refractivity contribution in [3.05, 3.63) is 39.4 Å². The number of carboxylic acids is 1. The van der Waals surface area contributed by atoms with Crippen LogP contribution in [0.1, 0.15) is 5.69 Å². The van der Waals surface area contributed by atoms with Crippen molar-refractivity contribution in [3.8, 4) is 5.75 Å². The molecule has 110 valence electrons. The van der Waals surface area contributed by atoms with E-state index < -0.39 is 10.9 Å². The number of ether oxygens (including phenoxy) is 1. The Balaban J connectivity index is 2.19. The van der Waals surface area contributed by atoms with E-state index in [1.54, 1.807) is 11.4 Å². The first-order valence-corrected chi connectivity index (χ1v) is 6.63. The number of anilines is 2. The van der Waals surface area contributed by atoms with Crippen LogP contribution < -0.4 is 10.1 Å². The second-order valence-electron chi connectivity index (χ2n) is 3.98. The number of hydrogen-bond donors (Lipinski definition) is 2. The van der Waals surface area contributed by atoms with Crippen molar-refractivity contribution in [2.75, 3.05) is 12.4 Å². The van der Waals surface area contributed by atoms with Crippen LogP contribution in [0.15, 0.2) is 23.6 Å². The minimum atomic E-state index is -0.966. The molecule has 1 heterocycles. The minimum Gasteiger partial charge on any atom is -0.490 e. The summed E-state index contributed by atoms with van der Waals surface area (Å²) in [5.74, 6) is -0.803. The van der Waals surface area contributed by atoms with Gasteiger partial charge in [0.1, 0.15) is 0 Å². The van der Waals surface area contributed by atoms with Gasteiger partial charge >= 0.3 is 11.7 Å². The van der Waals surface area contributed by atoms with Crippen molar-refractivity contribution in [2.24, 2.45) is 0 Å². The summed E-state index contributed by atoms with van der Waals surface area (Å²) in [7, 11) is 1.36. The molecule has 0 bridgehead atoms. The second kappa shape index (κ2) is 6.18. The van der Waals surface area contributed by atoms with Gasteiger partial charge in [-0.3, -0.25) is 14.9 Å². The molecule has 8 nitrogen and oxygen atoms in total. The zero-order valence-corrected chi connectivity index (χ0v) is 11.7. The highest BCUT2D eigenvalue weighted by Gasteiger charge is 2.15. The Morgan fingerprint density at radius 2 is 2.33 bits per heavy atom. The number of nitro benzene ring substituents is 1. The molecule has 0 spiro atoms. The summed E-state index contributed by atoms with van der Waals surface area (Å²) in [6, 6.07) is 4.42. The summed E-state index contributed by atoms with van der Waals surface area (Å²) in [6.45, 7) is 0. The molecule has 0 aliphatic rings. The van der Waals surface area contributed by atoms with Crippen LogP contribution in [0, 0.1) is 10.1 Å². The van der Waals surface area contributed by atoms with Crippen LogP contribution in [0.5, 0.6) is 5.75 Å². The molecule has 0 fully saturated rings. The normalized spacial score (nSPS) is 10.1. The van der Waals surface area contributed by atoms with Gasteiger partial charge in [0.05, 0.1) is 24.1 Å². The Bertz CT molecular complexity index is 685. The van der Waals surface area contributed by atoms with E-state index in [0.29, 0.717) is 16.5 Å². The van der Waals surface area contributed by atoms with Gasteiger partial charge in [0, 0.05) is 17.1 Å². The number of nitrogens with one attached hydrogen (secondary N) is 1. The lowest BCUT2D eigenvalue weighted by Gasteiger charge is -2.05. The van der Waals surface area contributed by atoms with Gasteiger partial charge in [0.15, 0.2) is 10.9 Å². The van der Waals surface area contributed by atoms with E-state index in [0.717, 1.165) is 0 Å². The van der Waals surface area contributed by atoms with E-state index in [9.17, 15) is 14.9 Å². The van der Waals surface area contributed by atoms with Crippen LogP contribution in [0.25, 0.3) is 0 Å². The highest BCUT2D eigenvalue weighted by molar-refractivity contribution is 7.13. The van der Waals surface area contributed by atoms with E-state index >= 15 is 0 Å². The molecule has 1 aromatic carbocycles. The van der Waals surface area contributed by atoms with Gasteiger partial charge in [-0.2, -0.15) is 0 Å². The Morgan fingerprint density at radius 1 is 1.57 bits per heavy atom. The Hall–Kier alpha value is -2.68. The molecule has 2 aromatic rings. The molecule has 0 aliphatic carbocycles. The molecular weight excluding hydrogens is 298 g/mol. The summed E-state index contributed by atoms with van der Waals surface area (Å²) in [4.78, 5) is 25.1. The largest absolute Gasteiger partial charge is 0.490 e. The van der Waals surface area contributed by atoms with Gasteiger partial charge in [-0.15, -0.1) is 11.3 Å². The van der Waals surface area contributed by atoms with Crippen molar-refractivity contribution < 1.29 is 19.6 Å². The second-order valence-corrected chi connectivity index (χ2v) is 4.84. The van der Waals surface area contributed by atoms with Gasteiger partial charge in [0.2, 0.25) is 0 Å². The first-order chi connectivity index (χ1) is 9.99. The molecule has 0 saturated heterocycles. The van der Waals surface area contributed by atoms with E-state index in [4.69, 9.17) is 9.84 Å². The zero-order chi connectivity index (χ0) is 15.4. The number of carbonyl (C=O) groups is 1. The molecule has 1 aromatic heterocycles. The number of benzene rings is 1. The average Bonchev–Trinajstić information content (AvgIpc) is 2.85. The maximum atomic E-state index is 10.9. The number of methoxy groups -OCH3 is 1. The van der Waals surface area contributed by atoms with Gasteiger partial charge < -0.3 is 15.2 Å². The van der Waals surface area contributed by atoms with Crippen LogP contribution in [0.4, 0.5) is 16.5 Å². The fraction of sp³-hybridized carbons (Fsp3) is 0.167. The molecule has 2 N–H and O–H groups in total. The number of aliphatic carboxylic acids is 1. The van der Waals surface area contributed by atoms with Crippen molar-refractivity contribution in [2.45, 2.75) is 6.42 Å². The Labute approximate surface area is 123 Å². The fourth-order valence-electron chi connectivity index (χ4n) is 1.63. The van der Waals surface area contributed by atoms with Crippen LogP contribution in [0.2, 0.25) is 0 Å². The summed E-state index contributed by atoms with van der Waals surface area (Å²) in [5, 5.41) is 24.6. The molecule has 0 aliphatic heterocycles. The van der Waals surface area contributed by atoms with Crippen LogP contribution in [-0.2, 0) is 11.2 Å². The number of thiazole rings is 1. The standard InChI is InChI=1S/C12H11N3O5S/c1-20-10-3-2-7(4-9(10)15(18)19)13-12-14-8(6-21-12)5-11(16)17/h2-4,6H,5H2,1H3,(H,13,14)(H,16,17). The first kappa shape index (κ1) is 14.7. The van der Waals surface area contributed by atoms with Crippen molar-refractivity contribution >= 4 is 33.8 Å². The Kier molecular flexibility index (Phi) is 4.33. The highest BCUT2D eigenvalue weighted by Crippen LogP contribution is 2.31. The third kappa shape index (κ3) is 3.66. The number of aromatic nitrogens is 1. The lowest BCUT2D eigenvalue weighted by Crippen LogP contribution is -2.00. The van der Waals surface area contributed by atoms with Crippen molar-refractivity contribution in [1.82, 2.24) is 4.98 Å². The predicted octanol–water partition coefficient (Wildman–Crippen LogP) is 2.43. The highest BCUT2D eigenvalue weighted by atomic mass is 32.1. The third-order valence-electron chi connectivity index (χ3n) is 2.51. The maximum Gasteiger partial charge on any atom is 0.312 e. The molecular formula is C12H11N3O5S. The minimum absolute atomic E-state index is 0.162. The van der Waals surface area contributed by atoms with E-state index in [1.165, 1.54) is 30.6 Å². The lowest BCUT2D eigenvalue weighted by molar-refractivity contribution is -0.385. The molecule has 2 rings (SSSR count). The number of rotatable bonds is 6. The monoisotopic (exact) mass is 309 g/mol. The number of hydrogen-bond acceptors (Lipinski definition) is 7. The van der Waals surface area contributed by atoms with Crippen LogP contribution >= 0.6 is 11.3 Å². The molecule has 21 heavy (non-hydrogen) atoms. The number of nitrogens with zero attached hydrogens (tertiary/aromatic N) is 2. The third-order valence-corrected chi connectivity index (χ3v) is 3.32. The SMILES string of the molecule is COc1ccc(Nc2nc(CC(=O)O)cs2)cc1[N+](=O)[O-]. The van der Waals surface area contributed by atoms with Gasteiger partial charge in [-0.25, -0.2) is 4.98 Å². The Morgan fingerprint density at radius 3 is 2.95 bits per heavy atom. The maximum absolute atomic E-state index is 10.9. The molecule has 9 heteroatoms. The van der Waals surface area contributed by atoms with Crippen molar-refractivity contribution in [3.63, 3.8) is 0 Å². The fourth-order valence-corrected chi connectivity index (χ4v) is 2.36. The smallest absolute Gasteiger partial charge is 0.312 e. The summed E-state index contributed by atoms with van der Waals surface area (Å²) >= 11 is 1.22. The molecule has 0 atom stereocenters. The van der Waals surface area contributed by atoms with Crippen LogP contribution in [0.3, 0.4) is 0 Å². The first-order valence-electron chi connectivity index (χ1n) is 5.75. The van der Waals surface area contributed by atoms with Gasteiger partial charge in [-0.05, 0) is 12.1 Å². The molecule has 0 amide bonds. The number of nitro groups is 1. The van der Waals surface area contributed by atoms with Crippen LogP contribution in [-0.4, -0.2) is 28.1 Å². The molecule has 0 radical (unpaired) electrons. The zero-order valence-electron chi connectivity index (χ0n) is 10.9. The average molecular weight is 309 g/mol. The van der Waals surface area contributed by atoms with Gasteiger partial charge in [-0.1, -0.05) is 0 Å². The van der Waals surface area contributed by atoms with E-state index in [2.05, 4.69) is 10.3 Å². The summed E-state index contributed by atoms with van der Waals surface area (Å²) in [5.41, 5.74) is 0.738. The van der Waals surface area contributed by atoms with Crippen molar-refractivity contribution in [1.29, 1.82) is 0 Å². The van der Waals surface area contributed by atoms with Gasteiger partial charge in [0.25, 0.3) is 0 Å². The quantitative estimate of drug-likeness (QED) is 0.622. The topological polar surface area (TPSA) is 115 Å².